The van der Waals surface area contributed by atoms with Crippen LogP contribution in [0.25, 0.3) is 10.6 Å². The average molecular weight is 341 g/mol. The smallest absolute Gasteiger partial charge is 0.339 e. The first-order chi connectivity index (χ1) is 11.6. The van der Waals surface area contributed by atoms with E-state index in [1.165, 1.54) is 7.11 Å². The summed E-state index contributed by atoms with van der Waals surface area (Å²) in [4.78, 5) is 25.3. The van der Waals surface area contributed by atoms with Crippen molar-refractivity contribution in [2.75, 3.05) is 12.4 Å². The van der Waals surface area contributed by atoms with Gasteiger partial charge in [-0.3, -0.25) is 9.48 Å². The van der Waals surface area contributed by atoms with Crippen LogP contribution in [0.3, 0.4) is 0 Å². The van der Waals surface area contributed by atoms with Crippen molar-refractivity contribution >= 4 is 28.9 Å². The molecule has 122 valence electrons. The number of esters is 1. The van der Waals surface area contributed by atoms with E-state index in [1.54, 1.807) is 53.4 Å². The van der Waals surface area contributed by atoms with E-state index in [9.17, 15) is 9.59 Å². The molecule has 6 nitrogen and oxygen atoms in total. The number of benzene rings is 1. The van der Waals surface area contributed by atoms with E-state index < -0.39 is 5.97 Å². The summed E-state index contributed by atoms with van der Waals surface area (Å²) in [7, 11) is 3.08. The normalized spacial score (nSPS) is 10.4. The number of nitrogens with one attached hydrogen (secondary N) is 1. The van der Waals surface area contributed by atoms with Crippen LogP contribution in [0.2, 0.25) is 0 Å². The highest BCUT2D eigenvalue weighted by atomic mass is 32.1. The Kier molecular flexibility index (Phi) is 4.43. The molecule has 0 atom stereocenters. The quantitative estimate of drug-likeness (QED) is 0.740. The second-order valence-electron chi connectivity index (χ2n) is 5.01. The number of carbonyl (C=O) groups excluding carboxylic acids is 2. The predicted octanol–water partition coefficient (Wildman–Crippen LogP) is 3.19. The van der Waals surface area contributed by atoms with Crippen molar-refractivity contribution in [2.24, 2.45) is 7.05 Å². The van der Waals surface area contributed by atoms with Gasteiger partial charge in [0.2, 0.25) is 0 Å². The number of methoxy groups -OCH3 is 1. The Balaban J connectivity index is 1.87. The maximum atomic E-state index is 12.5. The van der Waals surface area contributed by atoms with Crippen molar-refractivity contribution < 1.29 is 14.3 Å². The number of para-hydroxylation sites is 1. The summed E-state index contributed by atoms with van der Waals surface area (Å²) in [6.07, 6.45) is 0. The zero-order valence-electron chi connectivity index (χ0n) is 13.1. The van der Waals surface area contributed by atoms with Crippen molar-refractivity contribution in [1.82, 2.24) is 9.78 Å². The molecule has 2 heterocycles. The molecule has 0 unspecified atom stereocenters. The molecule has 0 saturated heterocycles. The summed E-state index contributed by atoms with van der Waals surface area (Å²) >= 11 is 1.57. The number of rotatable bonds is 4. The van der Waals surface area contributed by atoms with E-state index in [0.717, 1.165) is 10.6 Å². The Morgan fingerprint density at radius 2 is 2.00 bits per heavy atom. The molecular weight excluding hydrogens is 326 g/mol. The van der Waals surface area contributed by atoms with Gasteiger partial charge < -0.3 is 10.1 Å². The number of hydrogen-bond acceptors (Lipinski definition) is 5. The Morgan fingerprint density at radius 1 is 1.21 bits per heavy atom. The van der Waals surface area contributed by atoms with Gasteiger partial charge in [0.15, 0.2) is 5.69 Å². The van der Waals surface area contributed by atoms with Crippen molar-refractivity contribution in [1.29, 1.82) is 0 Å². The predicted molar refractivity (Wildman–Crippen MR) is 92.3 cm³/mol. The van der Waals surface area contributed by atoms with E-state index in [1.807, 2.05) is 17.5 Å². The van der Waals surface area contributed by atoms with Gasteiger partial charge in [0, 0.05) is 7.05 Å². The fraction of sp³-hybridized carbons (Fsp3) is 0.118. The van der Waals surface area contributed by atoms with Crippen molar-refractivity contribution in [3.8, 4) is 10.6 Å². The summed E-state index contributed by atoms with van der Waals surface area (Å²) in [6.45, 7) is 0. The number of hydrogen-bond donors (Lipinski definition) is 1. The Bertz CT molecular complexity index is 884. The first kappa shape index (κ1) is 15.9. The Hall–Kier alpha value is -2.93. The van der Waals surface area contributed by atoms with Gasteiger partial charge in [0.1, 0.15) is 0 Å². The van der Waals surface area contributed by atoms with Gasteiger partial charge >= 0.3 is 5.97 Å². The van der Waals surface area contributed by atoms with Crippen LogP contribution >= 0.6 is 11.3 Å². The van der Waals surface area contributed by atoms with Gasteiger partial charge in [-0.2, -0.15) is 5.10 Å². The molecule has 1 aromatic carbocycles. The van der Waals surface area contributed by atoms with Crippen LogP contribution in [0, 0.1) is 0 Å². The molecule has 0 fully saturated rings. The zero-order chi connectivity index (χ0) is 17.1. The number of anilines is 1. The van der Waals surface area contributed by atoms with E-state index in [2.05, 4.69) is 10.4 Å². The lowest BCUT2D eigenvalue weighted by Gasteiger charge is -2.08. The number of amides is 1. The van der Waals surface area contributed by atoms with Crippen LogP contribution < -0.4 is 5.32 Å². The highest BCUT2D eigenvalue weighted by Crippen LogP contribution is 2.25. The molecule has 24 heavy (non-hydrogen) atoms. The minimum atomic E-state index is -0.508. The minimum absolute atomic E-state index is 0.278. The monoisotopic (exact) mass is 341 g/mol. The summed E-state index contributed by atoms with van der Waals surface area (Å²) in [5, 5.41) is 8.94. The first-order valence-corrected chi connectivity index (χ1v) is 8.04. The van der Waals surface area contributed by atoms with E-state index in [4.69, 9.17) is 4.74 Å². The van der Waals surface area contributed by atoms with Crippen LogP contribution in [-0.4, -0.2) is 28.8 Å². The molecule has 1 N–H and O–H groups in total. The third-order valence-corrected chi connectivity index (χ3v) is 4.36. The number of nitrogens with zero attached hydrogens (tertiary/aromatic N) is 2. The van der Waals surface area contributed by atoms with E-state index in [-0.39, 0.29) is 11.6 Å². The fourth-order valence-electron chi connectivity index (χ4n) is 2.30. The minimum Gasteiger partial charge on any atom is -0.465 e. The number of thiophene rings is 1. The lowest BCUT2D eigenvalue weighted by Crippen LogP contribution is -2.16. The van der Waals surface area contributed by atoms with Gasteiger partial charge in [-0.05, 0) is 29.6 Å². The first-order valence-electron chi connectivity index (χ1n) is 7.16. The molecule has 3 aromatic rings. The van der Waals surface area contributed by atoms with Crippen LogP contribution in [0.4, 0.5) is 5.69 Å². The van der Waals surface area contributed by atoms with Crippen LogP contribution in [0.5, 0.6) is 0 Å². The van der Waals surface area contributed by atoms with Crippen molar-refractivity contribution in [3.05, 3.63) is 59.1 Å². The second kappa shape index (κ2) is 6.67. The summed E-state index contributed by atoms with van der Waals surface area (Å²) in [6, 6.07) is 12.3. The average Bonchev–Trinajstić information content (AvgIpc) is 3.24. The molecule has 0 radical (unpaired) electrons. The van der Waals surface area contributed by atoms with Gasteiger partial charge in [-0.1, -0.05) is 18.2 Å². The molecule has 7 heteroatoms. The summed E-state index contributed by atoms with van der Waals surface area (Å²) in [5.74, 6) is -0.893. The molecule has 3 rings (SSSR count). The number of ether oxygens (including phenoxy) is 1. The molecule has 0 aliphatic carbocycles. The van der Waals surface area contributed by atoms with Gasteiger partial charge in [0.25, 0.3) is 5.91 Å². The fourth-order valence-corrected chi connectivity index (χ4v) is 3.07. The summed E-state index contributed by atoms with van der Waals surface area (Å²) in [5.41, 5.74) is 1.82. The largest absolute Gasteiger partial charge is 0.465 e. The number of aromatic nitrogens is 2. The third-order valence-electron chi connectivity index (χ3n) is 3.47. The third kappa shape index (κ3) is 3.07. The maximum absolute atomic E-state index is 12.5. The van der Waals surface area contributed by atoms with Crippen LogP contribution in [0.1, 0.15) is 20.8 Å². The number of carbonyl (C=O) groups is 2. The van der Waals surface area contributed by atoms with Gasteiger partial charge in [-0.25, -0.2) is 4.79 Å². The van der Waals surface area contributed by atoms with Gasteiger partial charge in [0.05, 0.1) is 28.9 Å². The standard InChI is InChI=1S/C17H15N3O3S/c1-20-14(15-8-5-9-24-15)10-13(19-20)16(21)18-12-7-4-3-6-11(12)17(22)23-2/h3-10H,1-2H3,(H,18,21). The Morgan fingerprint density at radius 3 is 2.71 bits per heavy atom. The molecule has 0 spiro atoms. The van der Waals surface area contributed by atoms with Gasteiger partial charge in [-0.15, -0.1) is 11.3 Å². The molecule has 2 aromatic heterocycles. The molecule has 0 aliphatic rings. The molecule has 0 saturated carbocycles. The molecule has 0 bridgehead atoms. The topological polar surface area (TPSA) is 73.2 Å². The molecule has 0 aliphatic heterocycles. The second-order valence-corrected chi connectivity index (χ2v) is 5.95. The highest BCUT2D eigenvalue weighted by molar-refractivity contribution is 7.13. The highest BCUT2D eigenvalue weighted by Gasteiger charge is 2.18. The lowest BCUT2D eigenvalue weighted by atomic mass is 10.1. The van der Waals surface area contributed by atoms with Crippen molar-refractivity contribution in [2.45, 2.75) is 0 Å². The van der Waals surface area contributed by atoms with E-state index in [0.29, 0.717) is 11.3 Å². The SMILES string of the molecule is COC(=O)c1ccccc1NC(=O)c1cc(-c2cccs2)n(C)n1. The number of aryl methyl sites for hydroxylation is 1. The maximum Gasteiger partial charge on any atom is 0.339 e. The molecule has 1 amide bonds. The lowest BCUT2D eigenvalue weighted by molar-refractivity contribution is 0.0602. The van der Waals surface area contributed by atoms with Crippen LogP contribution in [-0.2, 0) is 11.8 Å². The van der Waals surface area contributed by atoms with Crippen LogP contribution in [0.15, 0.2) is 47.8 Å². The van der Waals surface area contributed by atoms with Crippen molar-refractivity contribution in [3.63, 3.8) is 0 Å². The summed E-state index contributed by atoms with van der Waals surface area (Å²) < 4.78 is 6.39. The zero-order valence-corrected chi connectivity index (χ0v) is 14.0. The Labute approximate surface area is 142 Å². The van der Waals surface area contributed by atoms with E-state index >= 15 is 0 Å². The molecular formula is C17H15N3O3S.